The molecule has 21 heterocycles. The van der Waals surface area contributed by atoms with Crippen LogP contribution in [-0.4, -0.2) is 405 Å². The molecule has 16 bridgehead atoms. The van der Waals surface area contributed by atoms with Gasteiger partial charge in [-0.15, -0.1) is 0 Å². The molecule has 578 valence electrons. The average Bonchev–Trinajstić information content (AvgIpc) is 1.43. The Morgan fingerprint density at radius 3 is 0.556 bits per heavy atom. The molecule has 0 saturated carbocycles. The zero-order valence-electron chi connectivity index (χ0n) is 59.7. The second-order valence-electron chi connectivity index (χ2n) is 24.6. The molecule has 0 N–H and O–H groups in total. The van der Waals surface area contributed by atoms with Crippen molar-refractivity contribution >= 4 is 10.4 Å². The molecule has 0 radical (unpaired) electrons. The molecule has 0 aromatic carbocycles. The Bertz CT molecular complexity index is 2440. The highest BCUT2D eigenvalue weighted by Gasteiger charge is 2.62. The predicted octanol–water partition coefficient (Wildman–Crippen LogP) is -2.50. The summed E-state index contributed by atoms with van der Waals surface area (Å²) in [5, 5.41) is 0. The van der Waals surface area contributed by atoms with Crippen LogP contribution >= 0.6 is 0 Å². The Balaban J connectivity index is 1.15. The van der Waals surface area contributed by atoms with Crippen LogP contribution in [-0.2, 0) is 175 Å². The Morgan fingerprint density at radius 2 is 0.384 bits per heavy atom. The van der Waals surface area contributed by atoms with Crippen molar-refractivity contribution in [1.29, 1.82) is 0 Å². The predicted molar refractivity (Wildman–Crippen MR) is 326 cm³/mol. The third-order valence-corrected chi connectivity index (χ3v) is 20.2. The summed E-state index contributed by atoms with van der Waals surface area (Å²) in [6, 6.07) is 0. The van der Waals surface area contributed by atoms with Gasteiger partial charge in [0.05, 0.1) is 46.2 Å². The van der Waals surface area contributed by atoms with E-state index in [-0.39, 0.29) is 33.0 Å². The van der Waals surface area contributed by atoms with Gasteiger partial charge in [-0.05, 0) is 0 Å². The van der Waals surface area contributed by atoms with Crippen LogP contribution in [0.15, 0.2) is 0 Å². The van der Waals surface area contributed by atoms with Crippen LogP contribution in [0.2, 0.25) is 0 Å². The molecular formula is C61H106O37S. The van der Waals surface area contributed by atoms with Crippen LogP contribution in [0.1, 0.15) is 0 Å². The standard InChI is InChI=1S/C61H106O37S/c1-64-20-27-34-41(69-6)48(76-13)55(85-27)93-35-28(21-65-2)87-57(50(78-15)42(35)70-7)95-37-30(23-67-4)89-59(52(80-17)44(37)72-9)97-39-32-25-83-99(62,63)84-26-33-40(98-61(91-32)54(82-19)46(39)74-11)47(75-12)53(81-18)60(90-33)96-38-31(24-68-5)88-58(51(79-16)45(38)73-10)94-36-29(22-66-3)86-56(92-34)49(77-14)43(36)71-8/h27-61H,20-26H2,1-19H3/t27-,28-,29-,30-,31-,32-,33-,34-,35-,36-,37-,38-,39-,40-,41+,42+,43+,44+,45+,46+,47+,48-,49-,50-,51-,52-,53-,54-,55-,56-,57-,58-,59-,60-,61-/m1/s1. The van der Waals surface area contributed by atoms with Crippen LogP contribution in [0.3, 0.4) is 0 Å². The first-order valence-electron chi connectivity index (χ1n) is 32.5. The fourth-order valence-corrected chi connectivity index (χ4v) is 15.5. The Morgan fingerprint density at radius 1 is 0.222 bits per heavy atom. The van der Waals surface area contributed by atoms with Gasteiger partial charge in [0.1, 0.15) is 171 Å². The third kappa shape index (κ3) is 17.6. The van der Waals surface area contributed by atoms with E-state index in [1.165, 1.54) is 135 Å². The van der Waals surface area contributed by atoms with Crippen LogP contribution in [0, 0.1) is 0 Å². The second-order valence-corrected chi connectivity index (χ2v) is 25.9. The van der Waals surface area contributed by atoms with Crippen molar-refractivity contribution in [2.24, 2.45) is 0 Å². The number of ether oxygens (including phenoxy) is 33. The van der Waals surface area contributed by atoms with Gasteiger partial charge in [-0.25, -0.2) is 8.37 Å². The van der Waals surface area contributed by atoms with Crippen molar-refractivity contribution in [1.82, 2.24) is 0 Å². The fraction of sp³-hybridized carbons (Fsp3) is 1.00. The summed E-state index contributed by atoms with van der Waals surface area (Å²) < 4.78 is 252. The number of hydrogen-bond acceptors (Lipinski definition) is 37. The molecule has 21 rings (SSSR count). The summed E-state index contributed by atoms with van der Waals surface area (Å²) in [6.07, 6.45) is -40.2. The first-order valence-corrected chi connectivity index (χ1v) is 33.9. The summed E-state index contributed by atoms with van der Waals surface area (Å²) in [6.45, 7) is -1.90. The molecule has 0 aliphatic carbocycles. The van der Waals surface area contributed by atoms with Crippen molar-refractivity contribution in [2.45, 2.75) is 215 Å². The quantitative estimate of drug-likeness (QED) is 0.0964. The highest BCUT2D eigenvalue weighted by atomic mass is 32.3. The number of hydrogen-bond donors (Lipinski definition) is 0. The lowest BCUT2D eigenvalue weighted by atomic mass is 9.94. The molecule has 37 nitrogen and oxygen atoms in total. The van der Waals surface area contributed by atoms with Crippen LogP contribution < -0.4 is 0 Å². The largest absolute Gasteiger partial charge is 0.400 e. The maximum atomic E-state index is 14.1. The zero-order valence-corrected chi connectivity index (χ0v) is 60.5. The first-order chi connectivity index (χ1) is 48.0. The SMILES string of the molecule is COC[C@H]1O[C@@H]2O[C@H]3[C@H](OC)[C@@H](OC)[C@@H](O[C@H]4[C@H](OC)[C@@H](OC)[C@@H](O[C@H]5[C@H](OC)[C@@H](OC)[C@H]6O[C@H]7[C@H](OC)[C@@H](OC)[C@@H](O[C@H]8[C@H](OC)[C@@H](OC)[C@@H](O[C@H]9[C@H](OC)[C@@H](OC)[C@@H](O[C@H]1[C@H](OC)[C@H]2OC)O[C@@H]9COC)O[C@@H]8COC)O[C@@H]7COS(=O)(=O)OC[C@H]5O6)O[C@@H]4COC)O[C@@H]3COC. The van der Waals surface area contributed by atoms with E-state index < -0.39 is 239 Å². The zero-order chi connectivity index (χ0) is 71.4. The summed E-state index contributed by atoms with van der Waals surface area (Å²) in [4.78, 5) is 0. The third-order valence-electron chi connectivity index (χ3n) is 19.4. The molecule has 21 aliphatic heterocycles. The molecule has 0 aromatic heterocycles. The summed E-state index contributed by atoms with van der Waals surface area (Å²) in [5.41, 5.74) is 0. The van der Waals surface area contributed by atoms with Gasteiger partial charge in [-0.3, -0.25) is 0 Å². The van der Waals surface area contributed by atoms with Crippen LogP contribution in [0.5, 0.6) is 0 Å². The molecule has 21 fully saturated rings. The highest BCUT2D eigenvalue weighted by molar-refractivity contribution is 7.81. The lowest BCUT2D eigenvalue weighted by Crippen LogP contribution is -2.69. The maximum Gasteiger partial charge on any atom is 0.400 e. The van der Waals surface area contributed by atoms with E-state index in [1.807, 2.05) is 0 Å². The van der Waals surface area contributed by atoms with E-state index in [0.29, 0.717) is 0 Å². The van der Waals surface area contributed by atoms with Gasteiger partial charge in [0.25, 0.3) is 0 Å². The lowest BCUT2D eigenvalue weighted by molar-refractivity contribution is -0.402. The average molecular weight is 1460 g/mol. The molecule has 0 spiro atoms. The molecule has 21 aliphatic rings. The molecule has 99 heavy (non-hydrogen) atoms. The molecule has 21 saturated heterocycles. The smallest absolute Gasteiger partial charge is 0.382 e. The van der Waals surface area contributed by atoms with E-state index >= 15 is 0 Å². The van der Waals surface area contributed by atoms with Crippen molar-refractivity contribution in [3.8, 4) is 0 Å². The molecule has 0 amide bonds. The number of rotatable bonds is 24. The van der Waals surface area contributed by atoms with Crippen molar-refractivity contribution in [3.63, 3.8) is 0 Å². The number of methoxy groups -OCH3 is 19. The topological polar surface area (TPSA) is 357 Å². The van der Waals surface area contributed by atoms with Gasteiger partial charge in [0, 0.05) is 135 Å². The van der Waals surface area contributed by atoms with Crippen LogP contribution in [0.4, 0.5) is 0 Å². The van der Waals surface area contributed by atoms with E-state index in [9.17, 15) is 8.42 Å². The van der Waals surface area contributed by atoms with E-state index in [2.05, 4.69) is 0 Å². The first kappa shape index (κ1) is 81.6. The molecule has 35 atom stereocenters. The second kappa shape index (κ2) is 38.4. The minimum absolute atomic E-state index is 0.0591. The Hall–Kier alpha value is -1.45. The van der Waals surface area contributed by atoms with Gasteiger partial charge in [0.15, 0.2) is 44.0 Å². The van der Waals surface area contributed by atoms with Crippen molar-refractivity contribution in [3.05, 3.63) is 0 Å². The molecular weight excluding hydrogens is 1360 g/mol. The molecule has 0 aromatic rings. The fourth-order valence-electron chi connectivity index (χ4n) is 14.9. The normalized spacial score (nSPS) is 47.0. The Labute approximate surface area is 578 Å². The summed E-state index contributed by atoms with van der Waals surface area (Å²) in [7, 11) is 22.7. The maximum absolute atomic E-state index is 14.1. The minimum Gasteiger partial charge on any atom is -0.382 e. The van der Waals surface area contributed by atoms with Gasteiger partial charge in [-0.1, -0.05) is 0 Å². The lowest BCUT2D eigenvalue weighted by Gasteiger charge is -2.52. The van der Waals surface area contributed by atoms with Gasteiger partial charge in [0.2, 0.25) is 0 Å². The van der Waals surface area contributed by atoms with Gasteiger partial charge < -0.3 is 156 Å². The molecule has 0 unspecified atom stereocenters. The van der Waals surface area contributed by atoms with Gasteiger partial charge in [-0.2, -0.15) is 8.42 Å². The monoisotopic (exact) mass is 1460 g/mol. The van der Waals surface area contributed by atoms with Crippen LogP contribution in [0.25, 0.3) is 0 Å². The summed E-state index contributed by atoms with van der Waals surface area (Å²) in [5.74, 6) is 0. The van der Waals surface area contributed by atoms with E-state index in [4.69, 9.17) is 165 Å². The molecule has 38 heteroatoms. The van der Waals surface area contributed by atoms with Crippen molar-refractivity contribution < 1.29 is 173 Å². The van der Waals surface area contributed by atoms with Gasteiger partial charge >= 0.3 is 10.4 Å². The minimum atomic E-state index is -4.92. The van der Waals surface area contributed by atoms with E-state index in [0.717, 1.165) is 0 Å². The summed E-state index contributed by atoms with van der Waals surface area (Å²) >= 11 is 0. The Kier molecular flexibility index (Phi) is 31.6. The van der Waals surface area contributed by atoms with E-state index in [1.54, 1.807) is 0 Å². The van der Waals surface area contributed by atoms with Crippen molar-refractivity contribution in [2.75, 3.05) is 181 Å². The highest BCUT2D eigenvalue weighted by Crippen LogP contribution is 2.43.